The van der Waals surface area contributed by atoms with Crippen LogP contribution in [0.5, 0.6) is 5.75 Å². The number of anilines is 1. The van der Waals surface area contributed by atoms with Gasteiger partial charge in [0.05, 0.1) is 40.1 Å². The van der Waals surface area contributed by atoms with E-state index in [1.54, 1.807) is 24.4 Å². The largest absolute Gasteiger partial charge is 0.496 e. The average molecular weight is 574 g/mol. The van der Waals surface area contributed by atoms with E-state index in [4.69, 9.17) is 4.74 Å². The molecule has 0 saturated carbocycles. The van der Waals surface area contributed by atoms with Gasteiger partial charge >= 0.3 is 0 Å². The van der Waals surface area contributed by atoms with Crippen LogP contribution in [-0.2, 0) is 9.59 Å². The molecule has 0 N–H and O–H groups in total. The summed E-state index contributed by atoms with van der Waals surface area (Å²) in [5, 5.41) is 11.4. The molecule has 9 nitrogen and oxygen atoms in total. The summed E-state index contributed by atoms with van der Waals surface area (Å²) in [6.45, 7) is 0. The van der Waals surface area contributed by atoms with Crippen molar-refractivity contribution in [2.45, 2.75) is 12.1 Å². The number of ether oxygens (including phenoxy) is 1. The maximum Gasteiger partial charge on any atom is 0.271 e. The first-order valence-corrected chi connectivity index (χ1v) is 12.7. The molecule has 3 heterocycles. The van der Waals surface area contributed by atoms with Gasteiger partial charge in [-0.3, -0.25) is 24.5 Å². The minimum absolute atomic E-state index is 0.119. The molecule has 0 spiro atoms. The first-order chi connectivity index (χ1) is 18.3. The van der Waals surface area contributed by atoms with Gasteiger partial charge < -0.3 is 9.64 Å². The van der Waals surface area contributed by atoms with Crippen LogP contribution in [0.4, 0.5) is 11.4 Å². The van der Waals surface area contributed by atoms with E-state index in [1.807, 2.05) is 35.2 Å². The summed E-state index contributed by atoms with van der Waals surface area (Å²) in [6, 6.07) is 16.5. The lowest BCUT2D eigenvalue weighted by molar-refractivity contribution is -0.384. The second-order valence-electron chi connectivity index (χ2n) is 9.34. The predicted octanol–water partition coefficient (Wildman–Crippen LogP) is 4.76. The molecule has 3 aromatic carbocycles. The summed E-state index contributed by atoms with van der Waals surface area (Å²) in [6.07, 6.45) is 3.66. The van der Waals surface area contributed by atoms with Crippen molar-refractivity contribution in [2.75, 3.05) is 12.0 Å². The Bertz CT molecular complexity index is 1570. The molecular formula is C28H20BrN3O6. The minimum Gasteiger partial charge on any atom is -0.496 e. The van der Waals surface area contributed by atoms with Gasteiger partial charge in [-0.2, -0.15) is 0 Å². The lowest BCUT2D eigenvalue weighted by Gasteiger charge is -2.35. The molecule has 2 amide bonds. The summed E-state index contributed by atoms with van der Waals surface area (Å²) in [7, 11) is 1.52. The number of fused-ring (bicyclic) bond motifs is 5. The number of hydrogen-bond acceptors (Lipinski definition) is 7. The van der Waals surface area contributed by atoms with Gasteiger partial charge in [0.15, 0.2) is 5.78 Å². The number of rotatable bonds is 5. The van der Waals surface area contributed by atoms with Gasteiger partial charge in [0.25, 0.3) is 5.69 Å². The molecule has 0 aromatic heterocycles. The zero-order valence-corrected chi connectivity index (χ0v) is 21.6. The van der Waals surface area contributed by atoms with E-state index in [1.165, 1.54) is 31.4 Å². The third kappa shape index (κ3) is 3.47. The zero-order valence-electron chi connectivity index (χ0n) is 20.0. The quantitative estimate of drug-likeness (QED) is 0.187. The Morgan fingerprint density at radius 2 is 1.76 bits per heavy atom. The van der Waals surface area contributed by atoms with Crippen molar-refractivity contribution >= 4 is 51.0 Å². The van der Waals surface area contributed by atoms with E-state index in [9.17, 15) is 24.5 Å². The Morgan fingerprint density at radius 1 is 1.00 bits per heavy atom. The first kappa shape index (κ1) is 24.1. The number of methoxy groups -OCH3 is 1. The number of ketones is 1. The van der Waals surface area contributed by atoms with Gasteiger partial charge in [-0.25, -0.2) is 4.90 Å². The maximum atomic E-state index is 14.0. The number of carbonyl (C=O) groups is 3. The topological polar surface area (TPSA) is 110 Å². The van der Waals surface area contributed by atoms with Crippen LogP contribution in [0, 0.1) is 22.0 Å². The molecule has 0 radical (unpaired) electrons. The van der Waals surface area contributed by atoms with Crippen LogP contribution in [0.2, 0.25) is 0 Å². The van der Waals surface area contributed by atoms with Crippen LogP contribution in [-0.4, -0.2) is 40.6 Å². The summed E-state index contributed by atoms with van der Waals surface area (Å²) < 4.78 is 5.87. The molecule has 3 aromatic rings. The molecule has 190 valence electrons. The van der Waals surface area contributed by atoms with Gasteiger partial charge in [-0.1, -0.05) is 30.3 Å². The number of amides is 2. The summed E-state index contributed by atoms with van der Waals surface area (Å²) in [5.41, 5.74) is 2.00. The van der Waals surface area contributed by atoms with E-state index < -0.39 is 40.7 Å². The molecular weight excluding hydrogens is 554 g/mol. The number of hydrogen-bond donors (Lipinski definition) is 0. The van der Waals surface area contributed by atoms with Gasteiger partial charge in [0.2, 0.25) is 11.8 Å². The second-order valence-corrected chi connectivity index (χ2v) is 10.2. The molecule has 0 bridgehead atoms. The van der Waals surface area contributed by atoms with E-state index in [0.29, 0.717) is 15.8 Å². The molecule has 3 aliphatic heterocycles. The Morgan fingerprint density at radius 3 is 2.50 bits per heavy atom. The van der Waals surface area contributed by atoms with Gasteiger partial charge in [0, 0.05) is 23.9 Å². The van der Waals surface area contributed by atoms with Crippen molar-refractivity contribution < 1.29 is 24.0 Å². The van der Waals surface area contributed by atoms with Crippen molar-refractivity contribution in [3.8, 4) is 5.75 Å². The van der Waals surface area contributed by atoms with Crippen LogP contribution < -0.4 is 9.64 Å². The molecule has 0 unspecified atom stereocenters. The van der Waals surface area contributed by atoms with Crippen molar-refractivity contribution in [2.24, 2.45) is 11.8 Å². The highest BCUT2D eigenvalue weighted by Gasteiger charge is 2.64. The standard InChI is InChI=1S/C28H20BrN3O6/c1-38-21-10-9-16(13-20(21)29)26(33)25-23-22(24-19-8-3-2-5-15(19)11-12-30(24)25)27(34)31(28(23)35)17-6-4-7-18(14-17)32(36)37/h2-14,22-25H,1H3/t22-,23+,24-,25-/m0/s1. The predicted molar refractivity (Wildman–Crippen MR) is 141 cm³/mol. The lowest BCUT2D eigenvalue weighted by Crippen LogP contribution is -2.44. The fraction of sp³-hybridized carbons (Fsp3) is 0.179. The number of non-ortho nitro benzene ring substituents is 1. The van der Waals surface area contributed by atoms with E-state index in [0.717, 1.165) is 16.0 Å². The Labute approximate surface area is 225 Å². The number of carbonyl (C=O) groups excluding carboxylic acids is 3. The van der Waals surface area contributed by atoms with Crippen LogP contribution >= 0.6 is 15.9 Å². The maximum absolute atomic E-state index is 14.0. The van der Waals surface area contributed by atoms with E-state index in [-0.39, 0.29) is 17.2 Å². The number of halogens is 1. The highest BCUT2D eigenvalue weighted by atomic mass is 79.9. The number of Topliss-reactive ketones (excluding diaryl/α,β-unsaturated/α-hetero) is 1. The highest BCUT2D eigenvalue weighted by molar-refractivity contribution is 9.10. The molecule has 2 fully saturated rings. The number of nitrogens with zero attached hydrogens (tertiary/aromatic N) is 3. The summed E-state index contributed by atoms with van der Waals surface area (Å²) in [5.74, 6) is -2.60. The Hall–Kier alpha value is -4.31. The van der Waals surface area contributed by atoms with Gasteiger partial charge in [-0.15, -0.1) is 0 Å². The van der Waals surface area contributed by atoms with E-state index in [2.05, 4.69) is 15.9 Å². The second kappa shape index (κ2) is 8.91. The average Bonchev–Trinajstić information content (AvgIpc) is 3.40. The molecule has 6 rings (SSSR count). The Balaban J connectivity index is 1.48. The number of nitro benzene ring substituents is 1. The molecule has 4 atom stereocenters. The SMILES string of the molecule is COc1ccc(C(=O)[C@@H]2[C@@H]3C(=O)N(c4cccc([N+](=O)[O-])c4)C(=O)[C@@H]3[C@@H]3c4ccccc4C=CN23)cc1Br. The smallest absolute Gasteiger partial charge is 0.271 e. The third-order valence-corrected chi connectivity index (χ3v) is 8.08. The number of benzene rings is 3. The molecule has 3 aliphatic rings. The highest BCUT2D eigenvalue weighted by Crippen LogP contribution is 2.54. The number of nitro groups is 1. The molecule has 10 heteroatoms. The van der Waals surface area contributed by atoms with Crippen LogP contribution in [0.1, 0.15) is 27.5 Å². The van der Waals surface area contributed by atoms with Gasteiger partial charge in [-0.05, 0) is 57.4 Å². The molecule has 0 aliphatic carbocycles. The fourth-order valence-corrected chi connectivity index (χ4v) is 6.39. The summed E-state index contributed by atoms with van der Waals surface area (Å²) >= 11 is 3.42. The van der Waals surface area contributed by atoms with Crippen molar-refractivity contribution in [3.05, 3.63) is 104 Å². The van der Waals surface area contributed by atoms with Crippen molar-refractivity contribution in [1.82, 2.24) is 4.90 Å². The third-order valence-electron chi connectivity index (χ3n) is 7.47. The summed E-state index contributed by atoms with van der Waals surface area (Å²) in [4.78, 5) is 55.5. The normalized spacial score (nSPS) is 23.2. The number of imide groups is 1. The van der Waals surface area contributed by atoms with E-state index >= 15 is 0 Å². The minimum atomic E-state index is -0.976. The molecule has 38 heavy (non-hydrogen) atoms. The first-order valence-electron chi connectivity index (χ1n) is 11.9. The van der Waals surface area contributed by atoms with Crippen LogP contribution in [0.25, 0.3) is 6.08 Å². The van der Waals surface area contributed by atoms with Crippen LogP contribution in [0.15, 0.2) is 77.4 Å². The van der Waals surface area contributed by atoms with Crippen molar-refractivity contribution in [3.63, 3.8) is 0 Å². The van der Waals surface area contributed by atoms with Crippen molar-refractivity contribution in [1.29, 1.82) is 0 Å². The molecule has 2 saturated heterocycles. The van der Waals surface area contributed by atoms with Crippen LogP contribution in [0.3, 0.4) is 0 Å². The monoisotopic (exact) mass is 573 g/mol. The lowest BCUT2D eigenvalue weighted by atomic mass is 9.83. The zero-order chi connectivity index (χ0) is 26.7. The fourth-order valence-electron chi connectivity index (χ4n) is 5.85. The Kier molecular flexibility index (Phi) is 5.64. The van der Waals surface area contributed by atoms with Gasteiger partial charge in [0.1, 0.15) is 11.8 Å².